The normalized spacial score (nSPS) is 15.8. The summed E-state index contributed by atoms with van der Waals surface area (Å²) in [6, 6.07) is 0.611. The van der Waals surface area contributed by atoms with Crippen LogP contribution in [0.3, 0.4) is 0 Å². The van der Waals surface area contributed by atoms with Crippen LogP contribution in [0.25, 0.3) is 0 Å². The maximum atomic E-state index is 2.41. The molecule has 0 aliphatic rings. The minimum absolute atomic E-state index is 0.273. The van der Waals surface area contributed by atoms with Crippen LogP contribution in [-0.4, -0.2) is 49.1 Å². The summed E-state index contributed by atoms with van der Waals surface area (Å²) < 4.78 is 0. The average Bonchev–Trinajstić information content (AvgIpc) is 1.82. The summed E-state index contributed by atoms with van der Waals surface area (Å²) in [6.07, 6.45) is 0. The average molecular weight is 172 g/mol. The standard InChI is InChI=1S/C10H24N2/c1-9(8-11(5)6)12(7)10(2,3)4/h9H,8H2,1-7H3/t9-/m0/s1. The number of hydrogen-bond donors (Lipinski definition) is 0. The van der Waals surface area contributed by atoms with Crippen LogP contribution in [-0.2, 0) is 0 Å². The van der Waals surface area contributed by atoms with Gasteiger partial charge in [0, 0.05) is 18.1 Å². The summed E-state index contributed by atoms with van der Waals surface area (Å²) in [5, 5.41) is 0. The molecule has 0 heterocycles. The number of rotatable bonds is 3. The topological polar surface area (TPSA) is 6.48 Å². The van der Waals surface area contributed by atoms with E-state index in [1.54, 1.807) is 0 Å². The summed E-state index contributed by atoms with van der Waals surface area (Å²) in [5.41, 5.74) is 0.273. The van der Waals surface area contributed by atoms with Gasteiger partial charge in [0.2, 0.25) is 0 Å². The molecule has 0 saturated carbocycles. The Morgan fingerprint density at radius 3 is 1.75 bits per heavy atom. The first-order chi connectivity index (χ1) is 5.25. The van der Waals surface area contributed by atoms with Gasteiger partial charge in [-0.2, -0.15) is 0 Å². The van der Waals surface area contributed by atoms with Crippen LogP contribution in [0.2, 0.25) is 0 Å². The summed E-state index contributed by atoms with van der Waals surface area (Å²) in [7, 11) is 6.42. The molecule has 2 nitrogen and oxygen atoms in total. The van der Waals surface area contributed by atoms with Crippen molar-refractivity contribution in [3.63, 3.8) is 0 Å². The van der Waals surface area contributed by atoms with Crippen molar-refractivity contribution in [1.82, 2.24) is 9.80 Å². The lowest BCUT2D eigenvalue weighted by Gasteiger charge is -2.38. The number of likely N-dealkylation sites (N-methyl/N-ethyl adjacent to an activating group) is 2. The first-order valence-electron chi connectivity index (χ1n) is 4.63. The monoisotopic (exact) mass is 172 g/mol. The van der Waals surface area contributed by atoms with Crippen molar-refractivity contribution < 1.29 is 0 Å². The van der Waals surface area contributed by atoms with Crippen molar-refractivity contribution in [3.8, 4) is 0 Å². The molecule has 2 heteroatoms. The van der Waals surface area contributed by atoms with Gasteiger partial charge in [-0.15, -0.1) is 0 Å². The van der Waals surface area contributed by atoms with E-state index in [4.69, 9.17) is 0 Å². The molecule has 0 fully saturated rings. The van der Waals surface area contributed by atoms with E-state index in [-0.39, 0.29) is 5.54 Å². The Morgan fingerprint density at radius 1 is 1.08 bits per heavy atom. The predicted octanol–water partition coefficient (Wildman–Crippen LogP) is 1.67. The maximum absolute atomic E-state index is 2.41. The fourth-order valence-corrected chi connectivity index (χ4v) is 1.31. The molecule has 74 valence electrons. The van der Waals surface area contributed by atoms with Crippen LogP contribution >= 0.6 is 0 Å². The molecule has 0 aromatic carbocycles. The van der Waals surface area contributed by atoms with Gasteiger partial charge in [-0.25, -0.2) is 0 Å². The van der Waals surface area contributed by atoms with Crippen LogP contribution in [0, 0.1) is 0 Å². The molecule has 0 rings (SSSR count). The van der Waals surface area contributed by atoms with Crippen molar-refractivity contribution in [2.45, 2.75) is 39.3 Å². The van der Waals surface area contributed by atoms with Crippen LogP contribution in [0.1, 0.15) is 27.7 Å². The van der Waals surface area contributed by atoms with Crippen LogP contribution < -0.4 is 0 Å². The summed E-state index contributed by atoms with van der Waals surface area (Å²) in [6.45, 7) is 10.1. The third kappa shape index (κ3) is 4.07. The van der Waals surface area contributed by atoms with Gasteiger partial charge in [-0.05, 0) is 48.8 Å². The van der Waals surface area contributed by atoms with Crippen LogP contribution in [0.15, 0.2) is 0 Å². The molecule has 0 aromatic heterocycles. The van der Waals surface area contributed by atoms with E-state index < -0.39 is 0 Å². The van der Waals surface area contributed by atoms with E-state index in [0.717, 1.165) is 6.54 Å². The highest BCUT2D eigenvalue weighted by atomic mass is 15.2. The highest BCUT2D eigenvalue weighted by Crippen LogP contribution is 2.14. The van der Waals surface area contributed by atoms with E-state index >= 15 is 0 Å². The molecule has 12 heavy (non-hydrogen) atoms. The molecular formula is C10H24N2. The molecule has 0 unspecified atom stereocenters. The third-order valence-electron chi connectivity index (χ3n) is 2.35. The molecule has 0 saturated heterocycles. The van der Waals surface area contributed by atoms with Crippen LogP contribution in [0.5, 0.6) is 0 Å². The molecule has 0 radical (unpaired) electrons. The quantitative estimate of drug-likeness (QED) is 0.639. The van der Waals surface area contributed by atoms with Gasteiger partial charge in [-0.1, -0.05) is 0 Å². The highest BCUT2D eigenvalue weighted by molar-refractivity contribution is 4.78. The smallest absolute Gasteiger partial charge is 0.0196 e. The zero-order valence-corrected chi connectivity index (χ0v) is 9.68. The van der Waals surface area contributed by atoms with Crippen LogP contribution in [0.4, 0.5) is 0 Å². The van der Waals surface area contributed by atoms with Crippen molar-refractivity contribution in [1.29, 1.82) is 0 Å². The first kappa shape index (κ1) is 11.9. The Kier molecular flexibility index (Phi) is 4.21. The van der Waals surface area contributed by atoms with Gasteiger partial charge >= 0.3 is 0 Å². The summed E-state index contributed by atoms with van der Waals surface area (Å²) in [5.74, 6) is 0. The molecule has 0 aliphatic heterocycles. The fraction of sp³-hybridized carbons (Fsp3) is 1.00. The lowest BCUT2D eigenvalue weighted by Crippen LogP contribution is -2.47. The van der Waals surface area contributed by atoms with Gasteiger partial charge in [0.05, 0.1) is 0 Å². The highest BCUT2D eigenvalue weighted by Gasteiger charge is 2.21. The van der Waals surface area contributed by atoms with Gasteiger partial charge in [-0.3, -0.25) is 4.90 Å². The Balaban J connectivity index is 4.01. The molecular weight excluding hydrogens is 148 g/mol. The fourth-order valence-electron chi connectivity index (χ4n) is 1.31. The molecule has 0 spiro atoms. The molecule has 0 bridgehead atoms. The Bertz CT molecular complexity index is 124. The maximum Gasteiger partial charge on any atom is 0.0196 e. The zero-order chi connectivity index (χ0) is 9.94. The third-order valence-corrected chi connectivity index (χ3v) is 2.35. The van der Waals surface area contributed by atoms with E-state index in [0.29, 0.717) is 6.04 Å². The lowest BCUT2D eigenvalue weighted by molar-refractivity contribution is 0.107. The van der Waals surface area contributed by atoms with Crippen molar-refractivity contribution >= 4 is 0 Å². The molecule has 0 N–H and O–H groups in total. The molecule has 0 aromatic rings. The second-order valence-electron chi connectivity index (χ2n) is 4.89. The summed E-state index contributed by atoms with van der Waals surface area (Å²) >= 11 is 0. The SMILES string of the molecule is C[C@@H](CN(C)C)N(C)C(C)(C)C. The molecule has 0 aliphatic carbocycles. The second-order valence-corrected chi connectivity index (χ2v) is 4.89. The van der Waals surface area contributed by atoms with E-state index in [2.05, 4.69) is 58.6 Å². The minimum Gasteiger partial charge on any atom is -0.308 e. The Morgan fingerprint density at radius 2 is 1.50 bits per heavy atom. The van der Waals surface area contributed by atoms with Crippen molar-refractivity contribution in [3.05, 3.63) is 0 Å². The lowest BCUT2D eigenvalue weighted by atomic mass is 10.0. The molecule has 0 amide bonds. The Labute approximate surface area is 77.5 Å². The van der Waals surface area contributed by atoms with Crippen molar-refractivity contribution in [2.24, 2.45) is 0 Å². The van der Waals surface area contributed by atoms with Crippen molar-refractivity contribution in [2.75, 3.05) is 27.7 Å². The van der Waals surface area contributed by atoms with Gasteiger partial charge < -0.3 is 4.90 Å². The number of hydrogen-bond acceptors (Lipinski definition) is 2. The van der Waals surface area contributed by atoms with E-state index in [9.17, 15) is 0 Å². The van der Waals surface area contributed by atoms with E-state index in [1.165, 1.54) is 0 Å². The zero-order valence-electron chi connectivity index (χ0n) is 9.68. The first-order valence-corrected chi connectivity index (χ1v) is 4.63. The second kappa shape index (κ2) is 4.24. The van der Waals surface area contributed by atoms with Gasteiger partial charge in [0.25, 0.3) is 0 Å². The summed E-state index contributed by atoms with van der Waals surface area (Å²) in [4.78, 5) is 4.64. The van der Waals surface area contributed by atoms with Gasteiger partial charge in [0.1, 0.15) is 0 Å². The largest absolute Gasteiger partial charge is 0.308 e. The predicted molar refractivity (Wildman–Crippen MR) is 55.5 cm³/mol. The Hall–Kier alpha value is -0.0800. The molecule has 1 atom stereocenters. The van der Waals surface area contributed by atoms with Gasteiger partial charge in [0.15, 0.2) is 0 Å². The van der Waals surface area contributed by atoms with E-state index in [1.807, 2.05) is 0 Å². The number of nitrogens with zero attached hydrogens (tertiary/aromatic N) is 2. The minimum atomic E-state index is 0.273.